The van der Waals surface area contributed by atoms with Crippen LogP contribution >= 0.6 is 0 Å². The van der Waals surface area contributed by atoms with Crippen LogP contribution in [-0.4, -0.2) is 34.5 Å². The van der Waals surface area contributed by atoms with Crippen LogP contribution in [-0.2, 0) is 4.79 Å². The van der Waals surface area contributed by atoms with E-state index in [1.54, 1.807) is 18.2 Å². The zero-order valence-corrected chi connectivity index (χ0v) is 11.7. The van der Waals surface area contributed by atoms with E-state index in [0.717, 1.165) is 0 Å². The van der Waals surface area contributed by atoms with Gasteiger partial charge in [-0.1, -0.05) is 0 Å². The quantitative estimate of drug-likeness (QED) is 0.946. The molecular formula is C16H14FNO4. The van der Waals surface area contributed by atoms with Gasteiger partial charge in [-0.15, -0.1) is 0 Å². The summed E-state index contributed by atoms with van der Waals surface area (Å²) in [5, 5.41) is 9.13. The second-order valence-electron chi connectivity index (χ2n) is 5.17. The molecule has 1 fully saturated rings. The number of likely N-dealkylation sites (tertiary alicyclic amines) is 1. The maximum Gasteiger partial charge on any atom is 0.326 e. The van der Waals surface area contributed by atoms with E-state index in [2.05, 4.69) is 0 Å². The van der Waals surface area contributed by atoms with Crippen LogP contribution in [0.15, 0.2) is 40.8 Å². The smallest absolute Gasteiger partial charge is 0.326 e. The summed E-state index contributed by atoms with van der Waals surface area (Å²) < 4.78 is 18.4. The molecule has 0 unspecified atom stereocenters. The Bertz CT molecular complexity index is 707. The second kappa shape index (κ2) is 5.63. The fourth-order valence-electron chi connectivity index (χ4n) is 2.63. The van der Waals surface area contributed by atoms with Crippen molar-refractivity contribution in [2.45, 2.75) is 18.9 Å². The number of carbonyl (C=O) groups is 2. The molecule has 22 heavy (non-hydrogen) atoms. The van der Waals surface area contributed by atoms with Gasteiger partial charge in [0.25, 0.3) is 5.91 Å². The summed E-state index contributed by atoms with van der Waals surface area (Å²) in [4.78, 5) is 24.8. The predicted molar refractivity (Wildman–Crippen MR) is 75.8 cm³/mol. The van der Waals surface area contributed by atoms with Crippen molar-refractivity contribution >= 4 is 11.9 Å². The van der Waals surface area contributed by atoms with Crippen molar-refractivity contribution in [3.63, 3.8) is 0 Å². The number of hydrogen-bond donors (Lipinski definition) is 1. The van der Waals surface area contributed by atoms with E-state index < -0.39 is 17.9 Å². The lowest BCUT2D eigenvalue weighted by Gasteiger charge is -2.19. The van der Waals surface area contributed by atoms with Crippen molar-refractivity contribution < 1.29 is 23.5 Å². The highest BCUT2D eigenvalue weighted by Gasteiger charge is 2.35. The van der Waals surface area contributed by atoms with Gasteiger partial charge in [0.1, 0.15) is 17.6 Å². The fraction of sp³-hybridized carbons (Fsp3) is 0.250. The molecule has 1 aromatic heterocycles. The van der Waals surface area contributed by atoms with Gasteiger partial charge in [-0.25, -0.2) is 9.18 Å². The maximum absolute atomic E-state index is 12.9. The number of carbonyl (C=O) groups excluding carboxylic acids is 1. The molecule has 114 valence electrons. The summed E-state index contributed by atoms with van der Waals surface area (Å²) in [7, 11) is 0. The van der Waals surface area contributed by atoms with Crippen LogP contribution in [0.5, 0.6) is 0 Å². The summed E-state index contributed by atoms with van der Waals surface area (Å²) >= 11 is 0. The molecule has 1 atom stereocenters. The number of nitrogens with zero attached hydrogens (tertiary/aromatic N) is 1. The molecule has 1 N–H and O–H groups in total. The van der Waals surface area contributed by atoms with Crippen LogP contribution in [0, 0.1) is 5.82 Å². The van der Waals surface area contributed by atoms with Gasteiger partial charge in [0.15, 0.2) is 5.76 Å². The number of carboxylic acid groups (broad SMARTS) is 1. The largest absolute Gasteiger partial charge is 0.480 e. The van der Waals surface area contributed by atoms with Gasteiger partial charge in [-0.2, -0.15) is 0 Å². The zero-order valence-electron chi connectivity index (χ0n) is 11.7. The molecule has 6 heteroatoms. The molecule has 0 saturated carbocycles. The van der Waals surface area contributed by atoms with Crippen LogP contribution in [0.3, 0.4) is 0 Å². The van der Waals surface area contributed by atoms with E-state index in [4.69, 9.17) is 9.52 Å². The number of furan rings is 1. The minimum atomic E-state index is -1.00. The Hall–Kier alpha value is -2.63. The van der Waals surface area contributed by atoms with E-state index in [-0.39, 0.29) is 11.6 Å². The lowest BCUT2D eigenvalue weighted by Crippen LogP contribution is -2.40. The molecule has 1 saturated heterocycles. The number of carboxylic acids is 1. The maximum atomic E-state index is 12.9. The molecule has 1 aromatic carbocycles. The Morgan fingerprint density at radius 3 is 2.59 bits per heavy atom. The third kappa shape index (κ3) is 2.59. The van der Waals surface area contributed by atoms with Crippen molar-refractivity contribution in [2.24, 2.45) is 0 Å². The Balaban J connectivity index is 1.82. The average Bonchev–Trinajstić information content (AvgIpc) is 3.17. The first-order valence-corrected chi connectivity index (χ1v) is 6.96. The summed E-state index contributed by atoms with van der Waals surface area (Å²) in [5.74, 6) is -1.26. The Morgan fingerprint density at radius 2 is 1.91 bits per heavy atom. The number of rotatable bonds is 3. The van der Waals surface area contributed by atoms with Gasteiger partial charge in [0.2, 0.25) is 0 Å². The van der Waals surface area contributed by atoms with Crippen molar-refractivity contribution in [1.29, 1.82) is 0 Å². The van der Waals surface area contributed by atoms with Crippen molar-refractivity contribution in [2.75, 3.05) is 6.54 Å². The highest BCUT2D eigenvalue weighted by Crippen LogP contribution is 2.25. The predicted octanol–water partition coefficient (Wildman–Crippen LogP) is 2.77. The number of halogens is 1. The molecule has 2 aromatic rings. The molecule has 1 amide bonds. The summed E-state index contributed by atoms with van der Waals surface area (Å²) in [6, 6.07) is 8.05. The number of amides is 1. The number of aliphatic carboxylic acids is 1. The van der Waals surface area contributed by atoms with Crippen LogP contribution in [0.1, 0.15) is 23.4 Å². The van der Waals surface area contributed by atoms with Crippen LogP contribution in [0.2, 0.25) is 0 Å². The molecule has 0 aliphatic carbocycles. The molecule has 0 bridgehead atoms. The summed E-state index contributed by atoms with van der Waals surface area (Å²) in [6.07, 6.45) is 1.11. The van der Waals surface area contributed by atoms with Gasteiger partial charge in [-0.3, -0.25) is 4.79 Å². The van der Waals surface area contributed by atoms with Crippen molar-refractivity contribution in [3.8, 4) is 11.3 Å². The van der Waals surface area contributed by atoms with Crippen LogP contribution < -0.4 is 0 Å². The molecule has 1 aliphatic rings. The Labute approximate surface area is 126 Å². The van der Waals surface area contributed by atoms with Gasteiger partial charge < -0.3 is 14.4 Å². The number of hydrogen-bond acceptors (Lipinski definition) is 3. The average molecular weight is 303 g/mol. The van der Waals surface area contributed by atoms with E-state index >= 15 is 0 Å². The minimum Gasteiger partial charge on any atom is -0.480 e. The zero-order chi connectivity index (χ0) is 15.7. The first-order chi connectivity index (χ1) is 10.6. The van der Waals surface area contributed by atoms with Crippen LogP contribution in [0.25, 0.3) is 11.3 Å². The molecule has 0 radical (unpaired) electrons. The first-order valence-electron chi connectivity index (χ1n) is 6.96. The van der Waals surface area contributed by atoms with Gasteiger partial charge >= 0.3 is 5.97 Å². The SMILES string of the molecule is O=C(O)[C@@H]1CCCN1C(=O)c1ccc(-c2ccc(F)cc2)o1. The lowest BCUT2D eigenvalue weighted by atomic mass is 10.2. The standard InChI is InChI=1S/C16H14FNO4/c17-11-5-3-10(4-6-11)13-7-8-14(22-13)15(19)18-9-1-2-12(18)16(20)21/h3-8,12H,1-2,9H2,(H,20,21)/t12-/m0/s1. The lowest BCUT2D eigenvalue weighted by molar-refractivity contribution is -0.141. The third-order valence-electron chi connectivity index (χ3n) is 3.74. The summed E-state index contributed by atoms with van der Waals surface area (Å²) in [6.45, 7) is 0.405. The Morgan fingerprint density at radius 1 is 1.18 bits per heavy atom. The van der Waals surface area contributed by atoms with Crippen molar-refractivity contribution in [3.05, 3.63) is 48.0 Å². The van der Waals surface area contributed by atoms with Crippen LogP contribution in [0.4, 0.5) is 4.39 Å². The summed E-state index contributed by atoms with van der Waals surface area (Å²) in [5.41, 5.74) is 0.650. The van der Waals surface area contributed by atoms with E-state index in [9.17, 15) is 14.0 Å². The van der Waals surface area contributed by atoms with Gasteiger partial charge in [-0.05, 0) is 49.2 Å². The first kappa shape index (κ1) is 14.3. The molecule has 1 aliphatic heterocycles. The number of benzene rings is 1. The molecule has 3 rings (SSSR count). The Kier molecular flexibility index (Phi) is 3.66. The van der Waals surface area contributed by atoms with Gasteiger partial charge in [0, 0.05) is 12.1 Å². The van der Waals surface area contributed by atoms with E-state index in [1.807, 2.05) is 0 Å². The normalized spacial score (nSPS) is 17.7. The van der Waals surface area contributed by atoms with Crippen molar-refractivity contribution in [1.82, 2.24) is 4.90 Å². The van der Waals surface area contributed by atoms with E-state index in [1.165, 1.54) is 23.1 Å². The molecule has 5 nitrogen and oxygen atoms in total. The topological polar surface area (TPSA) is 70.8 Å². The van der Waals surface area contributed by atoms with E-state index in [0.29, 0.717) is 30.7 Å². The minimum absolute atomic E-state index is 0.0903. The fourth-order valence-corrected chi connectivity index (χ4v) is 2.63. The second-order valence-corrected chi connectivity index (χ2v) is 5.17. The monoisotopic (exact) mass is 303 g/mol. The highest BCUT2D eigenvalue weighted by molar-refractivity contribution is 5.95. The molecule has 2 heterocycles. The third-order valence-corrected chi connectivity index (χ3v) is 3.74. The highest BCUT2D eigenvalue weighted by atomic mass is 19.1. The molecule has 0 spiro atoms. The van der Waals surface area contributed by atoms with Gasteiger partial charge in [0.05, 0.1) is 0 Å². The molecular weight excluding hydrogens is 289 g/mol.